The minimum Gasteiger partial charge on any atom is -0.389 e. The number of aliphatic hydroxyl groups excluding tert-OH is 2. The topological polar surface area (TPSA) is 69.7 Å². The van der Waals surface area contributed by atoms with Gasteiger partial charge in [0.05, 0.1) is 12.2 Å². The van der Waals surface area contributed by atoms with Crippen LogP contribution in [0.1, 0.15) is 0 Å². The Morgan fingerprint density at radius 2 is 1.58 bits per heavy atom. The van der Waals surface area contributed by atoms with Crippen LogP contribution in [0.4, 0.5) is 0 Å². The Hall–Kier alpha value is 0.420. The molecule has 12 heavy (non-hydrogen) atoms. The third-order valence-electron chi connectivity index (χ3n) is 1.78. The summed E-state index contributed by atoms with van der Waals surface area (Å²) in [6.07, 6.45) is -1.15. The molecule has 0 aromatic rings. The van der Waals surface area contributed by atoms with Crippen molar-refractivity contribution in [2.24, 2.45) is 5.73 Å². The van der Waals surface area contributed by atoms with Gasteiger partial charge in [-0.25, -0.2) is 0 Å². The second kappa shape index (κ2) is 6.88. The lowest BCUT2D eigenvalue weighted by molar-refractivity contribution is 0.0572. The van der Waals surface area contributed by atoms with Crippen LogP contribution in [-0.2, 0) is 0 Å². The number of β-amino-alcohol motifs (C(OH)–C–C–N with tert-alkyl or cyclic N) is 2. The molecule has 0 saturated carbocycles. The summed E-state index contributed by atoms with van der Waals surface area (Å²) >= 11 is 0. The van der Waals surface area contributed by atoms with Gasteiger partial charge in [-0.2, -0.15) is 0 Å². The van der Waals surface area contributed by atoms with Gasteiger partial charge in [-0.3, -0.25) is 4.90 Å². The van der Waals surface area contributed by atoms with Crippen molar-refractivity contribution in [1.29, 1.82) is 0 Å². The molecule has 0 aliphatic carbocycles. The normalized spacial score (nSPS) is 29.2. The molecule has 0 radical (unpaired) electrons. The molecule has 0 amide bonds. The van der Waals surface area contributed by atoms with E-state index in [-0.39, 0.29) is 24.8 Å². The Balaban J connectivity index is 0. The molecule has 1 saturated heterocycles. The zero-order valence-corrected chi connectivity index (χ0v) is 8.35. The minimum absolute atomic E-state index is 0. The second-order valence-electron chi connectivity index (χ2n) is 2.68. The molecule has 1 aliphatic rings. The van der Waals surface area contributed by atoms with Crippen molar-refractivity contribution in [3.05, 3.63) is 0 Å². The number of rotatable bonds is 2. The fourth-order valence-electron chi connectivity index (χ4n) is 1.21. The van der Waals surface area contributed by atoms with E-state index in [2.05, 4.69) is 0 Å². The third-order valence-corrected chi connectivity index (χ3v) is 1.78. The van der Waals surface area contributed by atoms with Crippen molar-refractivity contribution in [1.82, 2.24) is 4.90 Å². The number of nitrogens with zero attached hydrogens (tertiary/aromatic N) is 1. The smallest absolute Gasteiger partial charge is 0.0938 e. The first-order chi connectivity index (χ1) is 4.74. The Kier molecular flexibility index (Phi) is 8.56. The average Bonchev–Trinajstić information content (AvgIpc) is 2.14. The van der Waals surface area contributed by atoms with Crippen LogP contribution in [0.25, 0.3) is 0 Å². The molecule has 6 heteroatoms. The summed E-state index contributed by atoms with van der Waals surface area (Å²) in [7, 11) is 0. The zero-order chi connectivity index (χ0) is 7.56. The lowest BCUT2D eigenvalue weighted by Gasteiger charge is -2.11. The van der Waals surface area contributed by atoms with Gasteiger partial charge in [0.15, 0.2) is 0 Å². The van der Waals surface area contributed by atoms with E-state index < -0.39 is 12.2 Å². The molecule has 4 N–H and O–H groups in total. The molecule has 1 heterocycles. The Bertz CT molecular complexity index is 108. The summed E-state index contributed by atoms with van der Waals surface area (Å²) in [6, 6.07) is 0. The van der Waals surface area contributed by atoms with Crippen LogP contribution in [0.5, 0.6) is 0 Å². The van der Waals surface area contributed by atoms with E-state index in [0.717, 1.165) is 6.54 Å². The van der Waals surface area contributed by atoms with Crippen molar-refractivity contribution in [3.63, 3.8) is 0 Å². The first-order valence-electron chi connectivity index (χ1n) is 3.52. The highest BCUT2D eigenvalue weighted by molar-refractivity contribution is 5.85. The molecule has 1 rings (SSSR count). The summed E-state index contributed by atoms with van der Waals surface area (Å²) in [4.78, 5) is 1.95. The maximum Gasteiger partial charge on any atom is 0.0938 e. The molecular formula is C6H16Cl2N2O2. The fourth-order valence-corrected chi connectivity index (χ4v) is 1.21. The lowest BCUT2D eigenvalue weighted by Crippen LogP contribution is -2.28. The van der Waals surface area contributed by atoms with Crippen LogP contribution in [-0.4, -0.2) is 53.5 Å². The van der Waals surface area contributed by atoms with Crippen molar-refractivity contribution >= 4 is 24.8 Å². The molecular weight excluding hydrogens is 203 g/mol. The van der Waals surface area contributed by atoms with Gasteiger partial charge >= 0.3 is 0 Å². The van der Waals surface area contributed by atoms with Crippen molar-refractivity contribution in [2.75, 3.05) is 26.2 Å². The van der Waals surface area contributed by atoms with Gasteiger partial charge < -0.3 is 15.9 Å². The average molecular weight is 219 g/mol. The van der Waals surface area contributed by atoms with E-state index in [1.54, 1.807) is 0 Å². The van der Waals surface area contributed by atoms with Crippen molar-refractivity contribution in [3.8, 4) is 0 Å². The van der Waals surface area contributed by atoms with E-state index in [4.69, 9.17) is 15.9 Å². The zero-order valence-electron chi connectivity index (χ0n) is 6.72. The highest BCUT2D eigenvalue weighted by Gasteiger charge is 2.28. The molecule has 0 aromatic heterocycles. The largest absolute Gasteiger partial charge is 0.389 e. The van der Waals surface area contributed by atoms with E-state index in [0.29, 0.717) is 19.6 Å². The molecule has 0 aromatic carbocycles. The lowest BCUT2D eigenvalue weighted by atomic mass is 10.3. The summed E-state index contributed by atoms with van der Waals surface area (Å²) in [5.41, 5.74) is 5.29. The van der Waals surface area contributed by atoms with Gasteiger partial charge in [-0.05, 0) is 0 Å². The molecule has 76 valence electrons. The fraction of sp³-hybridized carbons (Fsp3) is 1.00. The summed E-state index contributed by atoms with van der Waals surface area (Å²) < 4.78 is 0. The number of hydrogen-bond acceptors (Lipinski definition) is 4. The van der Waals surface area contributed by atoms with Gasteiger partial charge in [-0.15, -0.1) is 24.8 Å². The first kappa shape index (κ1) is 14.9. The number of hydrogen-bond donors (Lipinski definition) is 3. The van der Waals surface area contributed by atoms with Crippen LogP contribution < -0.4 is 5.73 Å². The predicted octanol–water partition coefficient (Wildman–Crippen LogP) is -1.17. The third kappa shape index (κ3) is 3.89. The minimum atomic E-state index is -0.577. The SMILES string of the molecule is Cl.Cl.NCCN1C[C@@H](O)[C@H](O)C1. The van der Waals surface area contributed by atoms with Crippen molar-refractivity contribution in [2.45, 2.75) is 12.2 Å². The number of halogens is 2. The summed E-state index contributed by atoms with van der Waals surface area (Å²) in [5.74, 6) is 0. The molecule has 0 bridgehead atoms. The van der Waals surface area contributed by atoms with Gasteiger partial charge in [0.1, 0.15) is 0 Å². The van der Waals surface area contributed by atoms with Crippen LogP contribution in [0.2, 0.25) is 0 Å². The summed E-state index contributed by atoms with van der Waals surface area (Å²) in [5, 5.41) is 18.1. The number of nitrogens with two attached hydrogens (primary N) is 1. The predicted molar refractivity (Wildman–Crippen MR) is 52.0 cm³/mol. The standard InChI is InChI=1S/C6H14N2O2.2ClH/c7-1-2-8-3-5(9)6(10)4-8;;/h5-6,9-10H,1-4,7H2;2*1H/t5-,6-;;/m1../s1. The molecule has 2 atom stereocenters. The van der Waals surface area contributed by atoms with Crippen LogP contribution in [0.15, 0.2) is 0 Å². The summed E-state index contributed by atoms with van der Waals surface area (Å²) in [6.45, 7) is 2.45. The van der Waals surface area contributed by atoms with Gasteiger partial charge in [0.2, 0.25) is 0 Å². The van der Waals surface area contributed by atoms with Gasteiger partial charge in [-0.1, -0.05) is 0 Å². The molecule has 0 spiro atoms. The van der Waals surface area contributed by atoms with Crippen LogP contribution in [0, 0.1) is 0 Å². The Morgan fingerprint density at radius 1 is 1.17 bits per heavy atom. The highest BCUT2D eigenvalue weighted by atomic mass is 35.5. The Labute approximate surface area is 84.6 Å². The first-order valence-corrected chi connectivity index (χ1v) is 3.52. The maximum absolute atomic E-state index is 9.06. The number of likely N-dealkylation sites (tertiary alicyclic amines) is 1. The molecule has 1 fully saturated rings. The van der Waals surface area contributed by atoms with Gasteiger partial charge in [0, 0.05) is 26.2 Å². The maximum atomic E-state index is 9.06. The molecule has 4 nitrogen and oxygen atoms in total. The van der Waals surface area contributed by atoms with E-state index >= 15 is 0 Å². The monoisotopic (exact) mass is 218 g/mol. The van der Waals surface area contributed by atoms with Crippen molar-refractivity contribution < 1.29 is 10.2 Å². The van der Waals surface area contributed by atoms with E-state index in [1.165, 1.54) is 0 Å². The molecule has 1 aliphatic heterocycles. The van der Waals surface area contributed by atoms with Gasteiger partial charge in [0.25, 0.3) is 0 Å². The number of aliphatic hydroxyl groups is 2. The van der Waals surface area contributed by atoms with E-state index in [1.807, 2.05) is 4.90 Å². The quantitative estimate of drug-likeness (QED) is 0.547. The second-order valence-corrected chi connectivity index (χ2v) is 2.68. The van der Waals surface area contributed by atoms with E-state index in [9.17, 15) is 0 Å². The van der Waals surface area contributed by atoms with Crippen LogP contribution >= 0.6 is 24.8 Å². The Morgan fingerprint density at radius 3 is 1.92 bits per heavy atom. The van der Waals surface area contributed by atoms with Crippen LogP contribution in [0.3, 0.4) is 0 Å². The molecule has 0 unspecified atom stereocenters. The highest BCUT2D eigenvalue weighted by Crippen LogP contribution is 2.07.